The number of unbranched alkanes of at least 4 members (excludes halogenated alkanes) is 4. The van der Waals surface area contributed by atoms with Crippen molar-refractivity contribution >= 4 is 51.1 Å². The molecule has 9 nitrogen and oxygen atoms in total. The number of hydrogen-bond acceptors (Lipinski definition) is 8. The van der Waals surface area contributed by atoms with Gasteiger partial charge in [0, 0.05) is 34.7 Å². The van der Waals surface area contributed by atoms with Crippen LogP contribution in [0.5, 0.6) is 0 Å². The average Bonchev–Trinajstić information content (AvgIpc) is 3.71. The molecule has 0 radical (unpaired) electrons. The van der Waals surface area contributed by atoms with Crippen molar-refractivity contribution in [3.8, 4) is 10.6 Å². The number of thioether (sulfide) groups is 1. The number of nitrogens with zero attached hydrogens (tertiary/aromatic N) is 1. The van der Waals surface area contributed by atoms with Crippen LogP contribution in [0.25, 0.3) is 20.7 Å². The van der Waals surface area contributed by atoms with Gasteiger partial charge in [0.05, 0.1) is 23.6 Å². The van der Waals surface area contributed by atoms with Crippen molar-refractivity contribution in [3.63, 3.8) is 0 Å². The van der Waals surface area contributed by atoms with Gasteiger partial charge in [0.15, 0.2) is 11.5 Å². The number of nitrogens with one attached hydrogen (secondary N) is 3. The van der Waals surface area contributed by atoms with Crippen LogP contribution in [0.3, 0.4) is 0 Å². The largest absolute Gasteiger partial charge is 0.466 e. The van der Waals surface area contributed by atoms with E-state index in [1.165, 1.54) is 0 Å². The molecule has 11 heteroatoms. The highest BCUT2D eigenvalue weighted by atomic mass is 32.2. The summed E-state index contributed by atoms with van der Waals surface area (Å²) in [6.45, 7) is 0.995. The second-order valence-corrected chi connectivity index (χ2v) is 12.3. The van der Waals surface area contributed by atoms with Gasteiger partial charge in [0.25, 0.3) is 5.91 Å². The molecule has 2 aliphatic heterocycles. The molecule has 0 bridgehead atoms. The smallest absolute Gasteiger partial charge is 0.315 e. The molecule has 2 saturated heterocycles. The van der Waals surface area contributed by atoms with Gasteiger partial charge < -0.3 is 25.2 Å². The Kier molecular flexibility index (Phi) is 9.41. The molecule has 3 aromatic rings. The predicted molar refractivity (Wildman–Crippen MR) is 153 cm³/mol. The monoisotopic (exact) mass is 570 g/mol. The molecule has 1 aromatic carbocycles. The van der Waals surface area contributed by atoms with E-state index < -0.39 is 0 Å². The van der Waals surface area contributed by atoms with E-state index in [-0.39, 0.29) is 35.7 Å². The highest BCUT2D eigenvalue weighted by molar-refractivity contribution is 8.00. The van der Waals surface area contributed by atoms with Crippen molar-refractivity contribution in [2.75, 3.05) is 18.9 Å². The van der Waals surface area contributed by atoms with Crippen molar-refractivity contribution in [1.82, 2.24) is 21.1 Å². The topological polar surface area (TPSA) is 123 Å². The summed E-state index contributed by atoms with van der Waals surface area (Å²) in [6, 6.07) is 12.2. The maximum absolute atomic E-state index is 12.4. The summed E-state index contributed by atoms with van der Waals surface area (Å²) in [6.07, 6.45) is 6.74. The summed E-state index contributed by atoms with van der Waals surface area (Å²) in [4.78, 5) is 36.8. The van der Waals surface area contributed by atoms with E-state index in [0.717, 1.165) is 65.7 Å². The van der Waals surface area contributed by atoms with Crippen LogP contribution >= 0.6 is 23.1 Å². The lowest BCUT2D eigenvalue weighted by atomic mass is 10.0. The Morgan fingerprint density at radius 2 is 1.95 bits per heavy atom. The van der Waals surface area contributed by atoms with Crippen molar-refractivity contribution in [3.05, 3.63) is 42.1 Å². The third-order valence-electron chi connectivity index (χ3n) is 7.09. The van der Waals surface area contributed by atoms with E-state index in [2.05, 4.69) is 27.2 Å². The Labute approximate surface area is 235 Å². The molecule has 0 spiro atoms. The van der Waals surface area contributed by atoms with Crippen LogP contribution in [0.1, 0.15) is 61.9 Å². The number of amides is 3. The van der Waals surface area contributed by atoms with Crippen molar-refractivity contribution in [2.45, 2.75) is 68.7 Å². The minimum absolute atomic E-state index is 0.0623. The number of urea groups is 1. The van der Waals surface area contributed by atoms with Crippen LogP contribution in [0, 0.1) is 0 Å². The molecular formula is C28H34N4O5S2. The molecule has 0 saturated carbocycles. The number of benzene rings is 1. The van der Waals surface area contributed by atoms with Gasteiger partial charge in [-0.15, -0.1) is 11.3 Å². The van der Waals surface area contributed by atoms with E-state index in [0.29, 0.717) is 30.6 Å². The third-order valence-corrected chi connectivity index (χ3v) is 9.73. The van der Waals surface area contributed by atoms with Gasteiger partial charge in [-0.1, -0.05) is 36.2 Å². The van der Waals surface area contributed by atoms with E-state index in [4.69, 9.17) is 9.26 Å². The number of carbonyl (C=O) groups is 3. The van der Waals surface area contributed by atoms with Gasteiger partial charge in [0.1, 0.15) is 0 Å². The SMILES string of the molecule is O=C1N[C@H]2[C@H](CS[C@H]2CCCCC(=O)OCCCCCCNC(=O)c2cc(-c3cc4ccccc4s3)on2)N1. The van der Waals surface area contributed by atoms with Gasteiger partial charge in [-0.2, -0.15) is 11.8 Å². The zero-order valence-corrected chi connectivity index (χ0v) is 23.4. The van der Waals surface area contributed by atoms with Crippen LogP contribution < -0.4 is 16.0 Å². The molecule has 0 aliphatic carbocycles. The first-order valence-corrected chi connectivity index (χ1v) is 15.5. The fraction of sp³-hybridized carbons (Fsp3) is 0.500. The Bertz CT molecular complexity index is 1260. The second-order valence-electron chi connectivity index (χ2n) is 9.98. The van der Waals surface area contributed by atoms with Crippen LogP contribution in [-0.4, -0.2) is 59.3 Å². The summed E-state index contributed by atoms with van der Waals surface area (Å²) in [5.41, 5.74) is 0.280. The number of ether oxygens (including phenoxy) is 1. The lowest BCUT2D eigenvalue weighted by Crippen LogP contribution is -2.36. The summed E-state index contributed by atoms with van der Waals surface area (Å²) in [7, 11) is 0. The fourth-order valence-electron chi connectivity index (χ4n) is 4.99. The summed E-state index contributed by atoms with van der Waals surface area (Å²) in [5, 5.41) is 14.3. The minimum Gasteiger partial charge on any atom is -0.466 e. The molecule has 208 valence electrons. The van der Waals surface area contributed by atoms with Crippen LogP contribution in [0.4, 0.5) is 4.79 Å². The number of esters is 1. The number of carbonyl (C=O) groups excluding carboxylic acids is 3. The lowest BCUT2D eigenvalue weighted by Gasteiger charge is -2.16. The molecule has 2 fully saturated rings. The number of aromatic nitrogens is 1. The van der Waals surface area contributed by atoms with E-state index >= 15 is 0 Å². The molecule has 2 aliphatic rings. The quantitative estimate of drug-likeness (QED) is 0.140. The number of thiophene rings is 1. The highest BCUT2D eigenvalue weighted by Crippen LogP contribution is 2.34. The number of fused-ring (bicyclic) bond motifs is 2. The zero-order chi connectivity index (χ0) is 27.0. The van der Waals surface area contributed by atoms with Crippen LogP contribution in [0.15, 0.2) is 40.9 Å². The predicted octanol–water partition coefficient (Wildman–Crippen LogP) is 5.12. The van der Waals surface area contributed by atoms with Gasteiger partial charge >= 0.3 is 12.0 Å². The standard InChI is InChI=1S/C28H34N4O5S2/c33-25(12-6-5-11-23-26-20(17-38-23)30-28(35)31-26)36-14-8-2-1-7-13-29-27(34)19-16-21(37-32-19)24-15-18-9-3-4-10-22(18)39-24/h3-4,9-10,15-16,20,23,26H,1-2,5-8,11-14,17H2,(H,29,34)(H2,30,31,35)/t20-,23-,26-/m0/s1. The van der Waals surface area contributed by atoms with Gasteiger partial charge in [-0.25, -0.2) is 4.79 Å². The fourth-order valence-corrected chi connectivity index (χ4v) is 7.55. The Hall–Kier alpha value is -3.05. The van der Waals surface area contributed by atoms with Gasteiger partial charge in [-0.3, -0.25) is 9.59 Å². The molecule has 3 atom stereocenters. The van der Waals surface area contributed by atoms with Crippen molar-refractivity contribution in [2.24, 2.45) is 0 Å². The summed E-state index contributed by atoms with van der Waals surface area (Å²) < 4.78 is 11.9. The van der Waals surface area contributed by atoms with Crippen LogP contribution in [0.2, 0.25) is 0 Å². The Morgan fingerprint density at radius 3 is 2.85 bits per heavy atom. The first-order valence-electron chi connectivity index (χ1n) is 13.6. The van der Waals surface area contributed by atoms with E-state index in [1.807, 2.05) is 36.0 Å². The molecular weight excluding hydrogens is 536 g/mol. The van der Waals surface area contributed by atoms with Gasteiger partial charge in [-0.05, 0) is 49.6 Å². The Balaban J connectivity index is 0.876. The Morgan fingerprint density at radius 1 is 1.08 bits per heavy atom. The number of rotatable bonds is 14. The molecule has 4 heterocycles. The van der Waals surface area contributed by atoms with Gasteiger partial charge in [0.2, 0.25) is 0 Å². The maximum Gasteiger partial charge on any atom is 0.315 e. The highest BCUT2D eigenvalue weighted by Gasteiger charge is 2.42. The molecule has 3 amide bonds. The summed E-state index contributed by atoms with van der Waals surface area (Å²) in [5.74, 6) is 1.17. The maximum atomic E-state index is 12.4. The normalized spacial score (nSPS) is 20.0. The molecule has 3 N–H and O–H groups in total. The minimum atomic E-state index is -0.240. The first-order chi connectivity index (χ1) is 19.1. The van der Waals surface area contributed by atoms with E-state index in [9.17, 15) is 14.4 Å². The lowest BCUT2D eigenvalue weighted by molar-refractivity contribution is -0.143. The van der Waals surface area contributed by atoms with Crippen molar-refractivity contribution in [1.29, 1.82) is 0 Å². The first kappa shape index (κ1) is 27.5. The van der Waals surface area contributed by atoms with Crippen molar-refractivity contribution < 1.29 is 23.6 Å². The summed E-state index contributed by atoms with van der Waals surface area (Å²) >= 11 is 3.51. The molecule has 39 heavy (non-hydrogen) atoms. The second kappa shape index (κ2) is 13.3. The van der Waals surface area contributed by atoms with Crippen LogP contribution in [-0.2, 0) is 9.53 Å². The molecule has 5 rings (SSSR count). The number of hydrogen-bond donors (Lipinski definition) is 3. The zero-order valence-electron chi connectivity index (χ0n) is 21.8. The molecule has 0 unspecified atom stereocenters. The third kappa shape index (κ3) is 7.33. The molecule has 2 aromatic heterocycles. The van der Waals surface area contributed by atoms with E-state index in [1.54, 1.807) is 17.4 Å². The average molecular weight is 571 g/mol.